The van der Waals surface area contributed by atoms with Crippen LogP contribution >= 0.6 is 34.7 Å². The molecular weight excluding hydrogens is 452 g/mol. The number of hydrogen-bond donors (Lipinski definition) is 0. The highest BCUT2D eigenvalue weighted by atomic mass is 35.5. The fourth-order valence-electron chi connectivity index (χ4n) is 3.85. The van der Waals surface area contributed by atoms with E-state index in [1.807, 2.05) is 32.0 Å². The van der Waals surface area contributed by atoms with Crippen LogP contribution in [0.1, 0.15) is 47.6 Å². The van der Waals surface area contributed by atoms with Crippen LogP contribution in [-0.2, 0) is 25.0 Å². The Balaban J connectivity index is 1.66. The molecule has 160 valence electrons. The molecular formula is C22H21ClN4O2S2. The predicted molar refractivity (Wildman–Crippen MR) is 125 cm³/mol. The first-order valence-corrected chi connectivity index (χ1v) is 12.5. The smallest absolute Gasteiger partial charge is 0.267 e. The molecule has 1 aromatic carbocycles. The van der Waals surface area contributed by atoms with E-state index in [1.165, 1.54) is 28.6 Å². The number of halogens is 1. The molecule has 1 aliphatic rings. The van der Waals surface area contributed by atoms with E-state index in [1.54, 1.807) is 15.9 Å². The highest BCUT2D eigenvalue weighted by Crippen LogP contribution is 2.36. The maximum absolute atomic E-state index is 13.8. The van der Waals surface area contributed by atoms with Crippen molar-refractivity contribution in [2.24, 2.45) is 0 Å². The third kappa shape index (κ3) is 3.81. The average Bonchev–Trinajstić information content (AvgIpc) is 3.38. The van der Waals surface area contributed by atoms with Crippen LogP contribution in [0.3, 0.4) is 0 Å². The lowest BCUT2D eigenvalue weighted by Crippen LogP contribution is -2.22. The first kappa shape index (κ1) is 20.7. The summed E-state index contributed by atoms with van der Waals surface area (Å²) in [5.41, 5.74) is 2.82. The van der Waals surface area contributed by atoms with Crippen molar-refractivity contribution in [2.75, 3.05) is 0 Å². The third-order valence-electron chi connectivity index (χ3n) is 5.51. The van der Waals surface area contributed by atoms with Gasteiger partial charge in [0.25, 0.3) is 5.56 Å². The van der Waals surface area contributed by atoms with Gasteiger partial charge in [0.15, 0.2) is 5.16 Å². The first-order valence-electron chi connectivity index (χ1n) is 10.3. The van der Waals surface area contributed by atoms with Crippen LogP contribution < -0.4 is 5.56 Å². The van der Waals surface area contributed by atoms with Crippen molar-refractivity contribution < 1.29 is 4.42 Å². The fraction of sp³-hybridized carbons (Fsp3) is 0.364. The molecule has 4 aromatic rings. The third-order valence-corrected chi connectivity index (χ3v) is 8.02. The van der Waals surface area contributed by atoms with Crippen LogP contribution in [0.4, 0.5) is 0 Å². The second kappa shape index (κ2) is 8.41. The monoisotopic (exact) mass is 472 g/mol. The van der Waals surface area contributed by atoms with Crippen molar-refractivity contribution in [3.63, 3.8) is 0 Å². The summed E-state index contributed by atoms with van der Waals surface area (Å²) in [7, 11) is 0. The zero-order valence-electron chi connectivity index (χ0n) is 17.3. The van der Waals surface area contributed by atoms with Crippen molar-refractivity contribution >= 4 is 44.9 Å². The Kier molecular flexibility index (Phi) is 5.62. The maximum Gasteiger partial charge on any atom is 0.267 e. The Hall–Kier alpha value is -2.16. The van der Waals surface area contributed by atoms with Crippen molar-refractivity contribution in [1.82, 2.24) is 19.7 Å². The van der Waals surface area contributed by atoms with E-state index < -0.39 is 0 Å². The van der Waals surface area contributed by atoms with Gasteiger partial charge in [-0.25, -0.2) is 4.98 Å². The van der Waals surface area contributed by atoms with E-state index in [0.717, 1.165) is 35.0 Å². The minimum absolute atomic E-state index is 0.0356. The molecule has 0 radical (unpaired) electrons. The molecule has 3 heterocycles. The summed E-state index contributed by atoms with van der Waals surface area (Å²) in [6, 6.07) is 5.68. The highest BCUT2D eigenvalue weighted by molar-refractivity contribution is 7.98. The van der Waals surface area contributed by atoms with Crippen LogP contribution in [0, 0.1) is 6.92 Å². The van der Waals surface area contributed by atoms with Crippen molar-refractivity contribution in [3.05, 3.63) is 61.4 Å². The molecule has 31 heavy (non-hydrogen) atoms. The molecule has 0 saturated carbocycles. The summed E-state index contributed by atoms with van der Waals surface area (Å²) in [5, 5.41) is 10.1. The van der Waals surface area contributed by atoms with Crippen LogP contribution in [0.2, 0.25) is 5.02 Å². The molecule has 1 aliphatic carbocycles. The van der Waals surface area contributed by atoms with Crippen LogP contribution in [0.25, 0.3) is 15.9 Å². The number of fused-ring (bicyclic) bond motifs is 3. The lowest BCUT2D eigenvalue weighted by atomic mass is 9.97. The van der Waals surface area contributed by atoms with Gasteiger partial charge in [0.1, 0.15) is 4.83 Å². The van der Waals surface area contributed by atoms with E-state index in [-0.39, 0.29) is 5.56 Å². The molecule has 3 aromatic heterocycles. The lowest BCUT2D eigenvalue weighted by Gasteiger charge is -2.14. The first-order chi connectivity index (χ1) is 15.0. The molecule has 0 saturated heterocycles. The number of thiophene rings is 1. The molecule has 0 fully saturated rings. The van der Waals surface area contributed by atoms with E-state index >= 15 is 0 Å². The van der Waals surface area contributed by atoms with Crippen molar-refractivity contribution in [3.8, 4) is 5.69 Å². The number of nitrogens with zero attached hydrogens (tertiary/aromatic N) is 4. The molecule has 5 rings (SSSR count). The summed E-state index contributed by atoms with van der Waals surface area (Å²) < 4.78 is 7.32. The SMILES string of the molecule is CCc1nnc(CSc2nc3sc4c(c3c(=O)n2-c2ccc(C)c(Cl)c2)CCCC4)o1. The largest absolute Gasteiger partial charge is 0.424 e. The molecule has 0 N–H and O–H groups in total. The second-order valence-electron chi connectivity index (χ2n) is 7.59. The van der Waals surface area contributed by atoms with Crippen LogP contribution in [0.5, 0.6) is 0 Å². The standard InChI is InChI=1S/C22H21ClN4O2S2/c1-3-17-25-26-18(29-17)11-30-22-24-20-19(14-6-4-5-7-16(14)31-20)21(28)27(22)13-9-8-12(2)15(23)10-13/h8-10H,3-7,11H2,1-2H3. The van der Waals surface area contributed by atoms with Crippen LogP contribution in [0.15, 0.2) is 32.6 Å². The molecule has 9 heteroatoms. The zero-order valence-corrected chi connectivity index (χ0v) is 19.7. The van der Waals surface area contributed by atoms with E-state index in [0.29, 0.717) is 39.8 Å². The Morgan fingerprint density at radius 2 is 2.03 bits per heavy atom. The maximum atomic E-state index is 13.8. The number of benzene rings is 1. The Labute approximate surface area is 192 Å². The second-order valence-corrected chi connectivity index (χ2v) is 10.0. The summed E-state index contributed by atoms with van der Waals surface area (Å²) in [6.45, 7) is 3.92. The van der Waals surface area contributed by atoms with Gasteiger partial charge in [-0.2, -0.15) is 0 Å². The average molecular weight is 473 g/mol. The molecule has 0 bridgehead atoms. The molecule has 0 unspecified atom stereocenters. The van der Waals surface area contributed by atoms with Gasteiger partial charge in [-0.15, -0.1) is 21.5 Å². The summed E-state index contributed by atoms with van der Waals surface area (Å²) >= 11 is 9.47. The zero-order chi connectivity index (χ0) is 21.5. The molecule has 0 aliphatic heterocycles. The Bertz CT molecular complexity index is 1340. The van der Waals surface area contributed by atoms with Gasteiger partial charge in [0, 0.05) is 16.3 Å². The number of thioether (sulfide) groups is 1. The summed E-state index contributed by atoms with van der Waals surface area (Å²) in [5.74, 6) is 1.57. The number of aromatic nitrogens is 4. The summed E-state index contributed by atoms with van der Waals surface area (Å²) in [4.78, 5) is 20.8. The predicted octanol–water partition coefficient (Wildman–Crippen LogP) is 5.53. The van der Waals surface area contributed by atoms with E-state index in [4.69, 9.17) is 21.0 Å². The van der Waals surface area contributed by atoms with Crippen molar-refractivity contribution in [1.29, 1.82) is 0 Å². The van der Waals surface area contributed by atoms with Gasteiger partial charge in [-0.05, 0) is 55.9 Å². The van der Waals surface area contributed by atoms with Gasteiger partial charge < -0.3 is 4.42 Å². The lowest BCUT2D eigenvalue weighted by molar-refractivity contribution is 0.469. The molecule has 0 atom stereocenters. The van der Waals surface area contributed by atoms with E-state index in [2.05, 4.69) is 10.2 Å². The normalized spacial score (nSPS) is 13.6. The van der Waals surface area contributed by atoms with E-state index in [9.17, 15) is 4.79 Å². The topological polar surface area (TPSA) is 73.8 Å². The number of rotatable bonds is 5. The highest BCUT2D eigenvalue weighted by Gasteiger charge is 2.23. The molecule has 0 amide bonds. The quantitative estimate of drug-likeness (QED) is 0.281. The van der Waals surface area contributed by atoms with Gasteiger partial charge >= 0.3 is 0 Å². The number of hydrogen-bond acceptors (Lipinski definition) is 7. The van der Waals surface area contributed by atoms with Crippen LogP contribution in [-0.4, -0.2) is 19.7 Å². The molecule has 6 nitrogen and oxygen atoms in total. The van der Waals surface area contributed by atoms with Gasteiger partial charge in [0.2, 0.25) is 11.8 Å². The minimum atomic E-state index is -0.0356. The van der Waals surface area contributed by atoms with Gasteiger partial charge in [-0.3, -0.25) is 9.36 Å². The number of aryl methyl sites for hydroxylation is 4. The fourth-order valence-corrected chi connectivity index (χ4v) is 6.17. The Morgan fingerprint density at radius 3 is 2.81 bits per heavy atom. The van der Waals surface area contributed by atoms with Gasteiger partial charge in [0.05, 0.1) is 16.8 Å². The molecule has 0 spiro atoms. The van der Waals surface area contributed by atoms with Gasteiger partial charge in [-0.1, -0.05) is 36.4 Å². The Morgan fingerprint density at radius 1 is 1.23 bits per heavy atom. The summed E-state index contributed by atoms with van der Waals surface area (Å²) in [6.07, 6.45) is 4.93. The minimum Gasteiger partial charge on any atom is -0.424 e. The van der Waals surface area contributed by atoms with Crippen molar-refractivity contribution in [2.45, 2.75) is 56.9 Å².